The summed E-state index contributed by atoms with van der Waals surface area (Å²) in [6, 6.07) is 5.30. The molecule has 0 atom stereocenters. The number of fused-ring (bicyclic) bond motifs is 1. The van der Waals surface area contributed by atoms with Crippen molar-refractivity contribution in [1.29, 1.82) is 0 Å². The quantitative estimate of drug-likeness (QED) is 0.813. The second kappa shape index (κ2) is 3.73. The van der Waals surface area contributed by atoms with E-state index in [1.165, 1.54) is 0 Å². The maximum atomic E-state index is 9.03. The third-order valence-corrected chi connectivity index (χ3v) is 2.76. The molecule has 0 bridgehead atoms. The van der Waals surface area contributed by atoms with Crippen molar-refractivity contribution < 1.29 is 5.11 Å². The van der Waals surface area contributed by atoms with Gasteiger partial charge >= 0.3 is 0 Å². The fraction of sp³-hybridized carbons (Fsp3) is 0.100. The van der Waals surface area contributed by atoms with Crippen LogP contribution in [-0.2, 0) is 6.61 Å². The van der Waals surface area contributed by atoms with Gasteiger partial charge in [-0.05, 0) is 23.8 Å². The molecule has 72 valence electrons. The van der Waals surface area contributed by atoms with Gasteiger partial charge in [0.25, 0.3) is 0 Å². The van der Waals surface area contributed by atoms with E-state index in [1.807, 2.05) is 6.07 Å². The summed E-state index contributed by atoms with van der Waals surface area (Å²) in [5, 5.41) is 10.9. The molecule has 0 radical (unpaired) electrons. The molecule has 14 heavy (non-hydrogen) atoms. The molecule has 1 aromatic carbocycles. The minimum absolute atomic E-state index is 0.134. The first-order valence-electron chi connectivity index (χ1n) is 4.06. The highest BCUT2D eigenvalue weighted by Gasteiger charge is 2.09. The SMILES string of the molecule is OCc1cc(Cl)c2cccnc2c1Cl. The van der Waals surface area contributed by atoms with E-state index in [0.717, 1.165) is 5.39 Å². The van der Waals surface area contributed by atoms with Gasteiger partial charge < -0.3 is 5.11 Å². The predicted octanol–water partition coefficient (Wildman–Crippen LogP) is 3.03. The molecule has 1 N–H and O–H groups in total. The van der Waals surface area contributed by atoms with Crippen LogP contribution in [0.2, 0.25) is 10.0 Å². The van der Waals surface area contributed by atoms with Crippen LogP contribution in [0.3, 0.4) is 0 Å². The number of aromatic nitrogens is 1. The maximum absolute atomic E-state index is 9.03. The van der Waals surface area contributed by atoms with E-state index < -0.39 is 0 Å². The lowest BCUT2D eigenvalue weighted by Gasteiger charge is -2.06. The van der Waals surface area contributed by atoms with Crippen molar-refractivity contribution in [2.75, 3.05) is 0 Å². The molecule has 0 fully saturated rings. The Morgan fingerprint density at radius 3 is 2.86 bits per heavy atom. The Labute approximate surface area is 91.1 Å². The molecule has 4 heteroatoms. The van der Waals surface area contributed by atoms with Gasteiger partial charge in [-0.1, -0.05) is 23.2 Å². The smallest absolute Gasteiger partial charge is 0.0906 e. The first-order chi connectivity index (χ1) is 6.74. The summed E-state index contributed by atoms with van der Waals surface area (Å²) in [5.41, 5.74) is 1.23. The van der Waals surface area contributed by atoms with Gasteiger partial charge in [0.1, 0.15) is 0 Å². The van der Waals surface area contributed by atoms with Crippen LogP contribution in [0, 0.1) is 0 Å². The molecular weight excluding hydrogens is 221 g/mol. The lowest BCUT2D eigenvalue weighted by atomic mass is 10.1. The Kier molecular flexibility index (Phi) is 2.59. The van der Waals surface area contributed by atoms with Crippen LogP contribution in [-0.4, -0.2) is 10.1 Å². The summed E-state index contributed by atoms with van der Waals surface area (Å²) < 4.78 is 0. The minimum atomic E-state index is -0.134. The van der Waals surface area contributed by atoms with E-state index in [1.54, 1.807) is 18.3 Å². The second-order valence-corrected chi connectivity index (χ2v) is 3.67. The Hall–Kier alpha value is -0.830. The third kappa shape index (κ3) is 1.46. The second-order valence-electron chi connectivity index (χ2n) is 2.89. The highest BCUT2D eigenvalue weighted by Crippen LogP contribution is 2.31. The molecule has 2 nitrogen and oxygen atoms in total. The zero-order chi connectivity index (χ0) is 10.1. The van der Waals surface area contributed by atoms with Crippen LogP contribution in [0.5, 0.6) is 0 Å². The zero-order valence-electron chi connectivity index (χ0n) is 7.17. The Balaban J connectivity index is 2.87. The van der Waals surface area contributed by atoms with Crippen LogP contribution < -0.4 is 0 Å². The highest BCUT2D eigenvalue weighted by molar-refractivity contribution is 6.40. The van der Waals surface area contributed by atoms with Gasteiger partial charge in [-0.15, -0.1) is 0 Å². The van der Waals surface area contributed by atoms with E-state index in [2.05, 4.69) is 4.98 Å². The molecule has 0 aliphatic rings. The highest BCUT2D eigenvalue weighted by atomic mass is 35.5. The van der Waals surface area contributed by atoms with Gasteiger partial charge in [0, 0.05) is 11.6 Å². The van der Waals surface area contributed by atoms with Gasteiger partial charge in [0.2, 0.25) is 0 Å². The number of nitrogens with zero attached hydrogens (tertiary/aromatic N) is 1. The largest absolute Gasteiger partial charge is 0.392 e. The first-order valence-corrected chi connectivity index (χ1v) is 4.82. The summed E-state index contributed by atoms with van der Waals surface area (Å²) in [6.45, 7) is -0.134. The number of halogens is 2. The number of aliphatic hydroxyl groups is 1. The van der Waals surface area contributed by atoms with Gasteiger partial charge in [0.05, 0.1) is 22.2 Å². The summed E-state index contributed by atoms with van der Waals surface area (Å²) in [7, 11) is 0. The molecule has 1 aromatic heterocycles. The number of pyridine rings is 1. The summed E-state index contributed by atoms with van der Waals surface area (Å²) in [5.74, 6) is 0. The standard InChI is InChI=1S/C10H7Cl2NO/c11-8-4-6(5-14)9(12)10-7(8)2-1-3-13-10/h1-4,14H,5H2. The Morgan fingerprint density at radius 2 is 2.14 bits per heavy atom. The Morgan fingerprint density at radius 1 is 1.36 bits per heavy atom. The molecule has 2 rings (SSSR count). The van der Waals surface area contributed by atoms with Crippen LogP contribution >= 0.6 is 23.2 Å². The number of hydrogen-bond donors (Lipinski definition) is 1. The molecule has 0 saturated carbocycles. The van der Waals surface area contributed by atoms with E-state index in [0.29, 0.717) is 21.1 Å². The normalized spacial score (nSPS) is 10.8. The van der Waals surface area contributed by atoms with Gasteiger partial charge in [0.15, 0.2) is 0 Å². The average molecular weight is 228 g/mol. The summed E-state index contributed by atoms with van der Waals surface area (Å²) >= 11 is 12.0. The number of hydrogen-bond acceptors (Lipinski definition) is 2. The lowest BCUT2D eigenvalue weighted by Crippen LogP contribution is -1.89. The van der Waals surface area contributed by atoms with Crippen molar-refractivity contribution in [2.24, 2.45) is 0 Å². The summed E-state index contributed by atoms with van der Waals surface area (Å²) in [6.07, 6.45) is 1.64. The summed E-state index contributed by atoms with van der Waals surface area (Å²) in [4.78, 5) is 4.12. The maximum Gasteiger partial charge on any atom is 0.0906 e. The van der Waals surface area contributed by atoms with Crippen LogP contribution in [0.25, 0.3) is 10.9 Å². The molecule has 0 saturated heterocycles. The molecule has 0 aliphatic heterocycles. The van der Waals surface area contributed by atoms with Gasteiger partial charge in [-0.3, -0.25) is 4.98 Å². The third-order valence-electron chi connectivity index (χ3n) is 2.03. The number of rotatable bonds is 1. The van der Waals surface area contributed by atoms with Crippen LogP contribution in [0.4, 0.5) is 0 Å². The molecule has 2 aromatic rings. The van der Waals surface area contributed by atoms with Crippen molar-refractivity contribution >= 4 is 34.1 Å². The zero-order valence-corrected chi connectivity index (χ0v) is 8.68. The number of benzene rings is 1. The van der Waals surface area contributed by atoms with E-state index >= 15 is 0 Å². The predicted molar refractivity (Wildman–Crippen MR) is 57.7 cm³/mol. The fourth-order valence-electron chi connectivity index (χ4n) is 1.33. The first kappa shape index (κ1) is 9.71. The van der Waals surface area contributed by atoms with Gasteiger partial charge in [-0.25, -0.2) is 0 Å². The molecular formula is C10H7Cl2NO. The van der Waals surface area contributed by atoms with Crippen molar-refractivity contribution in [2.45, 2.75) is 6.61 Å². The topological polar surface area (TPSA) is 33.1 Å². The Bertz CT molecular complexity index is 485. The molecule has 1 heterocycles. The fourth-order valence-corrected chi connectivity index (χ4v) is 1.88. The van der Waals surface area contributed by atoms with E-state index in [4.69, 9.17) is 28.3 Å². The minimum Gasteiger partial charge on any atom is -0.392 e. The molecule has 0 amide bonds. The molecule has 0 unspecified atom stereocenters. The molecule has 0 spiro atoms. The van der Waals surface area contributed by atoms with Gasteiger partial charge in [-0.2, -0.15) is 0 Å². The van der Waals surface area contributed by atoms with Crippen molar-refractivity contribution in [3.05, 3.63) is 40.0 Å². The average Bonchev–Trinajstić information content (AvgIpc) is 2.23. The van der Waals surface area contributed by atoms with Crippen LogP contribution in [0.15, 0.2) is 24.4 Å². The van der Waals surface area contributed by atoms with Crippen molar-refractivity contribution in [1.82, 2.24) is 4.98 Å². The van der Waals surface area contributed by atoms with Crippen molar-refractivity contribution in [3.63, 3.8) is 0 Å². The number of aliphatic hydroxyl groups excluding tert-OH is 1. The molecule has 0 aliphatic carbocycles. The van der Waals surface area contributed by atoms with Crippen LogP contribution in [0.1, 0.15) is 5.56 Å². The lowest BCUT2D eigenvalue weighted by molar-refractivity contribution is 0.282. The van der Waals surface area contributed by atoms with E-state index in [9.17, 15) is 0 Å². The van der Waals surface area contributed by atoms with E-state index in [-0.39, 0.29) is 6.61 Å². The monoisotopic (exact) mass is 227 g/mol. The van der Waals surface area contributed by atoms with Crippen molar-refractivity contribution in [3.8, 4) is 0 Å².